The number of esters is 1. The van der Waals surface area contributed by atoms with Crippen molar-refractivity contribution in [1.82, 2.24) is 0 Å². The molecule has 1 N–H and O–H groups in total. The normalized spacial score (nSPS) is 48.7. The van der Waals surface area contributed by atoms with Crippen molar-refractivity contribution in [2.24, 2.45) is 23.2 Å². The molecule has 0 unspecified atom stereocenters. The molecule has 23 heavy (non-hydrogen) atoms. The van der Waals surface area contributed by atoms with Crippen LogP contribution in [0.3, 0.4) is 0 Å². The molecule has 0 spiro atoms. The Hall–Kier alpha value is -1.42. The van der Waals surface area contributed by atoms with E-state index >= 15 is 0 Å². The van der Waals surface area contributed by atoms with E-state index in [9.17, 15) is 14.7 Å². The van der Waals surface area contributed by atoms with Crippen LogP contribution in [0, 0.1) is 23.2 Å². The summed E-state index contributed by atoms with van der Waals surface area (Å²) in [6.45, 7) is 4.28. The number of hydrogen-bond acceptors (Lipinski definition) is 4. The zero-order chi connectivity index (χ0) is 16.4. The van der Waals surface area contributed by atoms with Gasteiger partial charge in [-0.3, -0.25) is 4.79 Å². The number of rotatable bonds is 0. The minimum absolute atomic E-state index is 0.0649. The summed E-state index contributed by atoms with van der Waals surface area (Å²) in [5.74, 6) is 0.718. The van der Waals surface area contributed by atoms with Crippen LogP contribution in [-0.4, -0.2) is 28.6 Å². The molecule has 3 fully saturated rings. The largest absolute Gasteiger partial charge is 0.457 e. The zero-order valence-electron chi connectivity index (χ0n) is 13.7. The first kappa shape index (κ1) is 15.1. The molecule has 0 bridgehead atoms. The fourth-order valence-corrected chi connectivity index (χ4v) is 5.67. The molecule has 2 saturated carbocycles. The maximum atomic E-state index is 11.8. The van der Waals surface area contributed by atoms with Gasteiger partial charge in [0.2, 0.25) is 0 Å². The van der Waals surface area contributed by atoms with E-state index in [1.54, 1.807) is 6.08 Å². The van der Waals surface area contributed by atoms with Gasteiger partial charge in [-0.1, -0.05) is 18.6 Å². The van der Waals surface area contributed by atoms with Crippen molar-refractivity contribution < 1.29 is 19.4 Å². The molecule has 3 aliphatic carbocycles. The Bertz CT molecular complexity index is 633. The summed E-state index contributed by atoms with van der Waals surface area (Å²) in [7, 11) is 0. The van der Waals surface area contributed by atoms with E-state index in [-0.39, 0.29) is 17.1 Å². The lowest BCUT2D eigenvalue weighted by molar-refractivity contribution is -0.209. The first-order chi connectivity index (χ1) is 10.8. The van der Waals surface area contributed by atoms with Crippen molar-refractivity contribution in [2.75, 3.05) is 0 Å². The van der Waals surface area contributed by atoms with Crippen LogP contribution in [0.1, 0.15) is 46.0 Å². The average molecular weight is 316 g/mol. The molecule has 1 saturated heterocycles. The van der Waals surface area contributed by atoms with Gasteiger partial charge in [0.25, 0.3) is 0 Å². The highest BCUT2D eigenvalue weighted by Gasteiger charge is 2.58. The van der Waals surface area contributed by atoms with Crippen LogP contribution in [0.4, 0.5) is 0 Å². The monoisotopic (exact) mass is 316 g/mol. The van der Waals surface area contributed by atoms with E-state index in [1.165, 1.54) is 5.57 Å². The van der Waals surface area contributed by atoms with Crippen LogP contribution in [-0.2, 0) is 14.3 Å². The minimum atomic E-state index is -0.986. The lowest BCUT2D eigenvalue weighted by atomic mass is 9.49. The van der Waals surface area contributed by atoms with Crippen molar-refractivity contribution in [1.29, 1.82) is 0 Å². The van der Waals surface area contributed by atoms with Crippen LogP contribution in [0.5, 0.6) is 0 Å². The highest BCUT2D eigenvalue weighted by atomic mass is 16.6. The maximum absolute atomic E-state index is 11.8. The van der Waals surface area contributed by atoms with E-state index in [0.29, 0.717) is 18.3 Å². The third-order valence-electron chi connectivity index (χ3n) is 6.97. The second-order valence-corrected chi connectivity index (χ2v) is 8.13. The van der Waals surface area contributed by atoms with Crippen LogP contribution in [0.15, 0.2) is 23.8 Å². The lowest BCUT2D eigenvalue weighted by Gasteiger charge is -2.58. The predicted molar refractivity (Wildman–Crippen MR) is 84.4 cm³/mol. The highest BCUT2D eigenvalue weighted by Crippen LogP contribution is 2.60. The zero-order valence-corrected chi connectivity index (χ0v) is 13.7. The fourth-order valence-electron chi connectivity index (χ4n) is 5.67. The quantitative estimate of drug-likeness (QED) is 0.698. The highest BCUT2D eigenvalue weighted by molar-refractivity contribution is 6.01. The Morgan fingerprint density at radius 1 is 1.22 bits per heavy atom. The topological polar surface area (TPSA) is 63.6 Å². The van der Waals surface area contributed by atoms with Gasteiger partial charge in [-0.15, -0.1) is 0 Å². The molecule has 4 heteroatoms. The number of ketones is 1. The number of allylic oxidation sites excluding steroid dienone is 4. The summed E-state index contributed by atoms with van der Waals surface area (Å²) in [6.07, 6.45) is 8.90. The lowest BCUT2D eigenvalue weighted by Crippen LogP contribution is -2.58. The van der Waals surface area contributed by atoms with Crippen molar-refractivity contribution >= 4 is 11.8 Å². The van der Waals surface area contributed by atoms with E-state index in [2.05, 4.69) is 13.0 Å². The maximum Gasteiger partial charge on any atom is 0.335 e. The Kier molecular flexibility index (Phi) is 3.15. The van der Waals surface area contributed by atoms with Gasteiger partial charge >= 0.3 is 5.97 Å². The molecule has 0 radical (unpaired) electrons. The first-order valence-electron chi connectivity index (χ1n) is 8.69. The van der Waals surface area contributed by atoms with E-state index < -0.39 is 17.7 Å². The standard InChI is InChI=1S/C19H24O4/c1-18-7-5-12(20)9-11(18)3-4-13-14(18)6-8-19(2)15(13)10-16(21)17(22)23-19/h5,7,9,13-16,21H,3-4,6,8,10H2,1-2H3/t13-,14-,15-,16-,18+,19-/m0/s1. The van der Waals surface area contributed by atoms with Gasteiger partial charge in [0.15, 0.2) is 11.9 Å². The summed E-state index contributed by atoms with van der Waals surface area (Å²) in [5.41, 5.74) is 0.747. The molecule has 0 aromatic heterocycles. The van der Waals surface area contributed by atoms with Gasteiger partial charge in [-0.05, 0) is 63.0 Å². The molecule has 0 amide bonds. The fraction of sp³-hybridized carbons (Fsp3) is 0.684. The van der Waals surface area contributed by atoms with E-state index in [0.717, 1.165) is 25.7 Å². The third kappa shape index (κ3) is 2.07. The third-order valence-corrected chi connectivity index (χ3v) is 6.97. The number of ether oxygens (including phenoxy) is 1. The van der Waals surface area contributed by atoms with Crippen molar-refractivity contribution in [2.45, 2.75) is 57.7 Å². The number of aliphatic hydroxyl groups excluding tert-OH is 1. The van der Waals surface area contributed by atoms with Gasteiger partial charge in [0.1, 0.15) is 5.60 Å². The summed E-state index contributed by atoms with van der Waals surface area (Å²) >= 11 is 0. The summed E-state index contributed by atoms with van der Waals surface area (Å²) < 4.78 is 5.65. The molecule has 0 aromatic carbocycles. The number of hydrogen-bond donors (Lipinski definition) is 1. The van der Waals surface area contributed by atoms with Gasteiger partial charge < -0.3 is 9.84 Å². The molecule has 4 nitrogen and oxygen atoms in total. The first-order valence-corrected chi connectivity index (χ1v) is 8.69. The Morgan fingerprint density at radius 3 is 2.78 bits per heavy atom. The summed E-state index contributed by atoms with van der Waals surface area (Å²) in [6, 6.07) is 0. The Balaban J connectivity index is 1.69. The van der Waals surface area contributed by atoms with Crippen molar-refractivity contribution in [3.8, 4) is 0 Å². The summed E-state index contributed by atoms with van der Waals surface area (Å²) in [4.78, 5) is 23.5. The van der Waals surface area contributed by atoms with Gasteiger partial charge in [0.05, 0.1) is 0 Å². The van der Waals surface area contributed by atoms with Crippen LogP contribution in [0.2, 0.25) is 0 Å². The second kappa shape index (κ2) is 4.79. The van der Waals surface area contributed by atoms with Crippen LogP contribution in [0.25, 0.3) is 0 Å². The molecule has 124 valence electrons. The van der Waals surface area contributed by atoms with Crippen molar-refractivity contribution in [3.63, 3.8) is 0 Å². The number of fused-ring (bicyclic) bond motifs is 5. The van der Waals surface area contributed by atoms with Gasteiger partial charge in [0, 0.05) is 11.3 Å². The van der Waals surface area contributed by atoms with Gasteiger partial charge in [-0.2, -0.15) is 0 Å². The second-order valence-electron chi connectivity index (χ2n) is 8.13. The Labute approximate surface area is 136 Å². The molecule has 1 aliphatic heterocycles. The van der Waals surface area contributed by atoms with Crippen molar-refractivity contribution in [3.05, 3.63) is 23.8 Å². The molecular weight excluding hydrogens is 292 g/mol. The Morgan fingerprint density at radius 2 is 2.00 bits per heavy atom. The average Bonchev–Trinajstić information content (AvgIpc) is 2.49. The van der Waals surface area contributed by atoms with E-state index in [4.69, 9.17) is 4.74 Å². The molecular formula is C19H24O4. The van der Waals surface area contributed by atoms with Crippen LogP contribution >= 0.6 is 0 Å². The van der Waals surface area contributed by atoms with Gasteiger partial charge in [-0.25, -0.2) is 4.79 Å². The SMILES string of the molecule is C[C@]12CC[C@H]3[C@H](CCC4=CC(=O)C=C[C@]43C)[C@@H]1C[C@H](O)C(=O)O2. The number of carbonyl (C=O) groups excluding carboxylic acids is 2. The molecule has 1 heterocycles. The number of aliphatic hydroxyl groups is 1. The molecule has 0 aromatic rings. The predicted octanol–water partition coefficient (Wildman–Crippen LogP) is 2.56. The molecule has 4 aliphatic rings. The number of carbonyl (C=O) groups is 2. The smallest absolute Gasteiger partial charge is 0.335 e. The van der Waals surface area contributed by atoms with E-state index in [1.807, 2.05) is 13.0 Å². The van der Waals surface area contributed by atoms with Crippen LogP contribution < -0.4 is 0 Å². The summed E-state index contributed by atoms with van der Waals surface area (Å²) in [5, 5.41) is 10.0. The molecule has 4 rings (SSSR count). The minimum Gasteiger partial charge on any atom is -0.457 e. The molecule has 6 atom stereocenters.